The molecule has 2 N–H and O–H groups in total. The van der Waals surface area contributed by atoms with Crippen LogP contribution in [0.3, 0.4) is 0 Å². The number of phenolic OH excluding ortho intramolecular Hbond substituents is 1. The average molecular weight is 437 g/mol. The van der Waals surface area contributed by atoms with Crippen molar-refractivity contribution in [2.45, 2.75) is 36.5 Å². The third-order valence-corrected chi connectivity index (χ3v) is 6.01. The first kappa shape index (κ1) is 20.4. The molecule has 30 heavy (non-hydrogen) atoms. The van der Waals surface area contributed by atoms with E-state index in [1.54, 1.807) is 23.9 Å². The van der Waals surface area contributed by atoms with Gasteiger partial charge in [0.1, 0.15) is 17.9 Å². The topological polar surface area (TPSA) is 70.9 Å². The van der Waals surface area contributed by atoms with Crippen molar-refractivity contribution >= 4 is 45.9 Å². The number of halogens is 1. The van der Waals surface area contributed by atoms with Gasteiger partial charge < -0.3 is 10.4 Å². The Hall–Kier alpha value is -2.83. The summed E-state index contributed by atoms with van der Waals surface area (Å²) in [6.45, 7) is 6.27. The maximum absolute atomic E-state index is 9.68. The smallest absolute Gasteiger partial charge is 0.164 e. The van der Waals surface area contributed by atoms with E-state index in [1.807, 2.05) is 25.1 Å². The number of nitrogens with zero attached hydrogens (tertiary/aromatic N) is 3. The van der Waals surface area contributed by atoms with E-state index in [-0.39, 0.29) is 5.75 Å². The van der Waals surface area contributed by atoms with Crippen molar-refractivity contribution in [3.05, 3.63) is 71.1 Å². The van der Waals surface area contributed by atoms with Crippen molar-refractivity contribution < 1.29 is 5.11 Å². The Balaban J connectivity index is 1.71. The zero-order valence-electron chi connectivity index (χ0n) is 16.8. The molecule has 0 radical (unpaired) electrons. The summed E-state index contributed by atoms with van der Waals surface area (Å²) in [5.41, 5.74) is 3.73. The molecule has 2 aromatic heterocycles. The Kier molecular flexibility index (Phi) is 5.79. The molecular weight excluding hydrogens is 416 g/mol. The normalized spacial score (nSPS) is 11.2. The monoisotopic (exact) mass is 436 g/mol. The van der Waals surface area contributed by atoms with Crippen LogP contribution < -0.4 is 5.32 Å². The third kappa shape index (κ3) is 4.35. The number of anilines is 2. The largest absolute Gasteiger partial charge is 0.506 e. The van der Waals surface area contributed by atoms with E-state index < -0.39 is 0 Å². The summed E-state index contributed by atoms with van der Waals surface area (Å²) in [6, 6.07) is 15.4. The van der Waals surface area contributed by atoms with Gasteiger partial charge in [0.05, 0.1) is 16.1 Å². The Morgan fingerprint density at radius 3 is 2.63 bits per heavy atom. The first-order valence-corrected chi connectivity index (χ1v) is 10.8. The van der Waals surface area contributed by atoms with Crippen molar-refractivity contribution in [1.29, 1.82) is 0 Å². The van der Waals surface area contributed by atoms with Crippen LogP contribution in [-0.4, -0.2) is 20.1 Å². The van der Waals surface area contributed by atoms with E-state index in [4.69, 9.17) is 11.6 Å². The Morgan fingerprint density at radius 2 is 1.87 bits per heavy atom. The molecule has 7 heteroatoms. The zero-order chi connectivity index (χ0) is 21.3. The van der Waals surface area contributed by atoms with Gasteiger partial charge in [0.25, 0.3) is 0 Å². The molecular formula is C23H21ClN4OS. The molecule has 0 aliphatic carbocycles. The fourth-order valence-corrected chi connectivity index (χ4v) is 4.18. The van der Waals surface area contributed by atoms with Crippen LogP contribution in [0.15, 0.2) is 64.6 Å². The van der Waals surface area contributed by atoms with Crippen molar-refractivity contribution in [2.75, 3.05) is 5.32 Å². The Morgan fingerprint density at radius 1 is 1.03 bits per heavy atom. The number of rotatable bonds is 5. The van der Waals surface area contributed by atoms with Crippen molar-refractivity contribution in [3.8, 4) is 5.75 Å². The summed E-state index contributed by atoms with van der Waals surface area (Å²) < 4.78 is 0. The lowest BCUT2D eigenvalue weighted by molar-refractivity contribution is 0.475. The molecule has 4 aromatic rings. The van der Waals surface area contributed by atoms with Crippen LogP contribution in [0.25, 0.3) is 11.0 Å². The van der Waals surface area contributed by atoms with E-state index in [9.17, 15) is 5.11 Å². The predicted octanol–water partition coefficient (Wildman–Crippen LogP) is 6.71. The lowest BCUT2D eigenvalue weighted by atomic mass is 10.1. The molecule has 0 bridgehead atoms. The standard InChI is InChI=1S/C23H21ClN4OS/c1-13(2)18-7-6-16-22(27-18)25-12-26-23(16)28-19-10-14(3)4-9-21(19)30-15-5-8-20(29)17(24)11-15/h4-13,29H,1-3H3,(H,25,26,27,28). The highest BCUT2D eigenvalue weighted by molar-refractivity contribution is 7.99. The summed E-state index contributed by atoms with van der Waals surface area (Å²) in [6.07, 6.45) is 1.53. The van der Waals surface area contributed by atoms with Gasteiger partial charge in [0, 0.05) is 15.5 Å². The minimum Gasteiger partial charge on any atom is -0.506 e. The molecule has 0 fully saturated rings. The Labute approximate surface area is 184 Å². The van der Waals surface area contributed by atoms with Gasteiger partial charge in [-0.05, 0) is 60.9 Å². The highest BCUT2D eigenvalue weighted by atomic mass is 35.5. The zero-order valence-corrected chi connectivity index (χ0v) is 18.4. The summed E-state index contributed by atoms with van der Waals surface area (Å²) in [5.74, 6) is 1.11. The number of phenols is 1. The molecule has 2 aromatic carbocycles. The molecule has 0 saturated heterocycles. The first-order valence-electron chi connectivity index (χ1n) is 9.56. The summed E-state index contributed by atoms with van der Waals surface area (Å²) in [4.78, 5) is 15.4. The van der Waals surface area contributed by atoms with Crippen LogP contribution in [0.4, 0.5) is 11.5 Å². The number of aryl methyl sites for hydroxylation is 1. The fourth-order valence-electron chi connectivity index (χ4n) is 3.01. The number of benzene rings is 2. The van der Waals surface area contributed by atoms with Crippen LogP contribution in [0.1, 0.15) is 31.0 Å². The van der Waals surface area contributed by atoms with E-state index in [2.05, 4.69) is 52.3 Å². The molecule has 0 aliphatic rings. The van der Waals surface area contributed by atoms with Gasteiger partial charge in [-0.1, -0.05) is 43.3 Å². The molecule has 0 amide bonds. The van der Waals surface area contributed by atoms with Crippen LogP contribution >= 0.6 is 23.4 Å². The molecule has 0 atom stereocenters. The molecule has 0 saturated carbocycles. The molecule has 5 nitrogen and oxygen atoms in total. The molecule has 0 spiro atoms. The minimum absolute atomic E-state index is 0.0731. The van der Waals surface area contributed by atoms with Gasteiger partial charge in [-0.3, -0.25) is 0 Å². The summed E-state index contributed by atoms with van der Waals surface area (Å²) >= 11 is 7.63. The molecule has 0 unspecified atom stereocenters. The van der Waals surface area contributed by atoms with Crippen LogP contribution in [0.5, 0.6) is 5.75 Å². The van der Waals surface area contributed by atoms with Crippen molar-refractivity contribution in [1.82, 2.24) is 15.0 Å². The maximum atomic E-state index is 9.68. The maximum Gasteiger partial charge on any atom is 0.164 e. The first-order chi connectivity index (χ1) is 14.4. The van der Waals surface area contributed by atoms with Gasteiger partial charge in [-0.25, -0.2) is 15.0 Å². The van der Waals surface area contributed by atoms with Gasteiger partial charge in [0.15, 0.2) is 5.65 Å². The summed E-state index contributed by atoms with van der Waals surface area (Å²) in [7, 11) is 0. The van der Waals surface area contributed by atoms with Crippen LogP contribution in [0.2, 0.25) is 5.02 Å². The highest BCUT2D eigenvalue weighted by Crippen LogP contribution is 2.38. The Bertz CT molecular complexity index is 1230. The molecule has 2 heterocycles. The van der Waals surface area contributed by atoms with Gasteiger partial charge >= 0.3 is 0 Å². The summed E-state index contributed by atoms with van der Waals surface area (Å²) in [5, 5.41) is 14.3. The number of aromatic hydroxyl groups is 1. The van der Waals surface area contributed by atoms with Crippen LogP contribution in [0, 0.1) is 6.92 Å². The van der Waals surface area contributed by atoms with Crippen molar-refractivity contribution in [2.24, 2.45) is 0 Å². The second-order valence-corrected chi connectivity index (χ2v) is 8.85. The van der Waals surface area contributed by atoms with Gasteiger partial charge in [-0.2, -0.15) is 0 Å². The second-order valence-electron chi connectivity index (χ2n) is 7.32. The number of nitrogens with one attached hydrogen (secondary N) is 1. The quantitative estimate of drug-likeness (QED) is 0.362. The average Bonchev–Trinajstić information content (AvgIpc) is 2.72. The molecule has 152 valence electrons. The van der Waals surface area contributed by atoms with Gasteiger partial charge in [0.2, 0.25) is 0 Å². The van der Waals surface area contributed by atoms with E-state index in [0.29, 0.717) is 22.4 Å². The molecule has 4 rings (SSSR count). The van der Waals surface area contributed by atoms with Gasteiger partial charge in [-0.15, -0.1) is 0 Å². The third-order valence-electron chi connectivity index (χ3n) is 4.65. The minimum atomic E-state index is 0.0731. The van der Waals surface area contributed by atoms with E-state index in [1.165, 1.54) is 6.33 Å². The lowest BCUT2D eigenvalue weighted by Crippen LogP contribution is -2.00. The second kappa shape index (κ2) is 8.50. The van der Waals surface area contributed by atoms with E-state index >= 15 is 0 Å². The number of hydrogen-bond acceptors (Lipinski definition) is 6. The number of hydrogen-bond donors (Lipinski definition) is 2. The highest BCUT2D eigenvalue weighted by Gasteiger charge is 2.12. The predicted molar refractivity (Wildman–Crippen MR) is 123 cm³/mol. The number of fused-ring (bicyclic) bond motifs is 1. The number of aromatic nitrogens is 3. The van der Waals surface area contributed by atoms with Crippen LogP contribution in [-0.2, 0) is 0 Å². The number of pyridine rings is 1. The fraction of sp³-hybridized carbons (Fsp3) is 0.174. The van der Waals surface area contributed by atoms with E-state index in [0.717, 1.165) is 32.1 Å². The SMILES string of the molecule is Cc1ccc(Sc2ccc(O)c(Cl)c2)c(Nc2ncnc3nc(C(C)C)ccc23)c1. The lowest BCUT2D eigenvalue weighted by Gasteiger charge is -2.14. The van der Waals surface area contributed by atoms with Crippen molar-refractivity contribution in [3.63, 3.8) is 0 Å². The molecule has 0 aliphatic heterocycles.